The molecule has 130 valence electrons. The lowest BCUT2D eigenvalue weighted by Crippen LogP contribution is -2.38. The van der Waals surface area contributed by atoms with Crippen molar-refractivity contribution in [3.8, 4) is 11.8 Å². The van der Waals surface area contributed by atoms with E-state index in [0.717, 1.165) is 17.5 Å². The summed E-state index contributed by atoms with van der Waals surface area (Å²) in [5, 5.41) is 19.0. The number of carbonyl (C=O) groups excluding carboxylic acids is 1. The molecule has 2 heterocycles. The molecule has 4 N–H and O–H groups in total. The lowest BCUT2D eigenvalue weighted by molar-refractivity contribution is -0.144. The standard InChI is InChI=1S/C17H23N3O4/c21-15-5-6-16(22)20(15)24-17(23)7-4-13-12-8-10-2-1-3-11(10)9-14(12)19-18-13/h4-6,10-12,14,18-19,21-22H,1-3,7-9H2. The van der Waals surface area contributed by atoms with E-state index in [0.29, 0.717) is 16.7 Å². The summed E-state index contributed by atoms with van der Waals surface area (Å²) >= 11 is 0. The third-order valence-electron chi connectivity index (χ3n) is 5.70. The minimum atomic E-state index is -0.538. The minimum Gasteiger partial charge on any atom is -0.492 e. The maximum atomic E-state index is 12.0. The van der Waals surface area contributed by atoms with E-state index in [2.05, 4.69) is 10.9 Å². The number of aromatic nitrogens is 1. The van der Waals surface area contributed by atoms with E-state index in [1.807, 2.05) is 6.08 Å². The molecule has 3 fully saturated rings. The fraction of sp³-hybridized carbons (Fsp3) is 0.588. The molecule has 4 rings (SSSR count). The van der Waals surface area contributed by atoms with Crippen molar-refractivity contribution in [3.05, 3.63) is 23.9 Å². The first kappa shape index (κ1) is 15.4. The molecule has 0 amide bonds. The number of rotatable bonds is 3. The Morgan fingerprint density at radius 1 is 1.25 bits per heavy atom. The van der Waals surface area contributed by atoms with Crippen molar-refractivity contribution in [1.82, 2.24) is 15.6 Å². The SMILES string of the molecule is O=C(CC=C1NNC2CC3CCCC3CC12)On1c(O)ccc1O. The van der Waals surface area contributed by atoms with E-state index in [4.69, 9.17) is 4.84 Å². The van der Waals surface area contributed by atoms with Gasteiger partial charge in [-0.3, -0.25) is 0 Å². The molecule has 1 saturated heterocycles. The molecule has 2 saturated carbocycles. The molecule has 1 aromatic rings. The van der Waals surface area contributed by atoms with E-state index in [1.54, 1.807) is 0 Å². The molecule has 7 heteroatoms. The number of hydrogen-bond acceptors (Lipinski definition) is 6. The molecule has 0 radical (unpaired) electrons. The number of fused-ring (bicyclic) bond motifs is 2. The van der Waals surface area contributed by atoms with Crippen LogP contribution < -0.4 is 15.7 Å². The van der Waals surface area contributed by atoms with E-state index in [9.17, 15) is 15.0 Å². The summed E-state index contributed by atoms with van der Waals surface area (Å²) in [4.78, 5) is 16.9. The fourth-order valence-corrected chi connectivity index (χ4v) is 4.52. The topological polar surface area (TPSA) is 95.8 Å². The zero-order valence-corrected chi connectivity index (χ0v) is 13.4. The minimum absolute atomic E-state index is 0.0817. The van der Waals surface area contributed by atoms with E-state index < -0.39 is 5.97 Å². The molecule has 3 aliphatic rings. The van der Waals surface area contributed by atoms with Crippen LogP contribution in [0.25, 0.3) is 0 Å². The molecule has 2 aliphatic carbocycles. The predicted molar refractivity (Wildman–Crippen MR) is 85.7 cm³/mol. The lowest BCUT2D eigenvalue weighted by Gasteiger charge is -2.33. The second-order valence-corrected chi connectivity index (χ2v) is 7.08. The average molecular weight is 333 g/mol. The second-order valence-electron chi connectivity index (χ2n) is 7.08. The van der Waals surface area contributed by atoms with E-state index >= 15 is 0 Å². The van der Waals surface area contributed by atoms with Crippen LogP contribution in [-0.2, 0) is 4.79 Å². The van der Waals surface area contributed by atoms with E-state index in [-0.39, 0.29) is 18.2 Å². The van der Waals surface area contributed by atoms with Crippen LogP contribution in [0.1, 0.15) is 38.5 Å². The third-order valence-corrected chi connectivity index (χ3v) is 5.70. The second kappa shape index (κ2) is 6.05. The van der Waals surface area contributed by atoms with Crippen molar-refractivity contribution in [1.29, 1.82) is 0 Å². The van der Waals surface area contributed by atoms with Gasteiger partial charge < -0.3 is 20.5 Å². The monoisotopic (exact) mass is 333 g/mol. The Morgan fingerprint density at radius 2 is 1.96 bits per heavy atom. The van der Waals surface area contributed by atoms with Gasteiger partial charge in [-0.1, -0.05) is 25.3 Å². The lowest BCUT2D eigenvalue weighted by atomic mass is 9.72. The molecule has 0 aromatic carbocycles. The summed E-state index contributed by atoms with van der Waals surface area (Å²) in [6.07, 6.45) is 8.34. The maximum Gasteiger partial charge on any atom is 0.337 e. The van der Waals surface area contributed by atoms with Crippen molar-refractivity contribution >= 4 is 5.97 Å². The Kier molecular flexibility index (Phi) is 3.88. The number of nitrogens with one attached hydrogen (secondary N) is 2. The highest BCUT2D eigenvalue weighted by Gasteiger charge is 2.43. The van der Waals surface area contributed by atoms with Gasteiger partial charge in [-0.15, -0.1) is 4.73 Å². The highest BCUT2D eigenvalue weighted by atomic mass is 16.7. The molecule has 0 bridgehead atoms. The van der Waals surface area contributed by atoms with Crippen molar-refractivity contribution in [2.45, 2.75) is 44.6 Å². The number of hydrogen-bond donors (Lipinski definition) is 4. The van der Waals surface area contributed by atoms with Crippen LogP contribution in [0, 0.1) is 17.8 Å². The highest BCUT2D eigenvalue weighted by molar-refractivity contribution is 5.71. The van der Waals surface area contributed by atoms with Crippen molar-refractivity contribution in [2.24, 2.45) is 17.8 Å². The van der Waals surface area contributed by atoms with Crippen LogP contribution in [0.3, 0.4) is 0 Å². The molecule has 7 nitrogen and oxygen atoms in total. The van der Waals surface area contributed by atoms with Crippen LogP contribution in [0.5, 0.6) is 11.8 Å². The van der Waals surface area contributed by atoms with Crippen molar-refractivity contribution < 1.29 is 19.8 Å². The van der Waals surface area contributed by atoms with Crippen LogP contribution >= 0.6 is 0 Å². The average Bonchev–Trinajstić information content (AvgIpc) is 3.26. The van der Waals surface area contributed by atoms with Crippen LogP contribution in [-0.4, -0.2) is 27.0 Å². The van der Waals surface area contributed by atoms with Crippen molar-refractivity contribution in [3.63, 3.8) is 0 Å². The van der Waals surface area contributed by atoms with Gasteiger partial charge in [0.1, 0.15) is 0 Å². The van der Waals surface area contributed by atoms with E-state index in [1.165, 1.54) is 44.2 Å². The molecule has 1 aromatic heterocycles. The Bertz CT molecular complexity index is 649. The quantitative estimate of drug-likeness (QED) is 0.668. The van der Waals surface area contributed by atoms with Gasteiger partial charge in [0.15, 0.2) is 0 Å². The van der Waals surface area contributed by atoms with Crippen LogP contribution in [0.15, 0.2) is 23.9 Å². The van der Waals surface area contributed by atoms with Gasteiger partial charge in [-0.2, -0.15) is 0 Å². The van der Waals surface area contributed by atoms with Gasteiger partial charge in [0.05, 0.1) is 6.42 Å². The molecule has 1 aliphatic heterocycles. The Balaban J connectivity index is 1.38. The van der Waals surface area contributed by atoms with Gasteiger partial charge in [-0.05, 0) is 24.7 Å². The highest BCUT2D eigenvalue weighted by Crippen LogP contribution is 2.47. The summed E-state index contributed by atoms with van der Waals surface area (Å²) in [5.74, 6) is 0.943. The fourth-order valence-electron chi connectivity index (χ4n) is 4.52. The largest absolute Gasteiger partial charge is 0.492 e. The van der Waals surface area contributed by atoms with Crippen molar-refractivity contribution in [2.75, 3.05) is 0 Å². The molecule has 0 spiro atoms. The predicted octanol–water partition coefficient (Wildman–Crippen LogP) is 1.43. The molecule has 24 heavy (non-hydrogen) atoms. The molecule has 4 unspecified atom stereocenters. The van der Waals surface area contributed by atoms with Gasteiger partial charge in [0.2, 0.25) is 11.8 Å². The first-order chi connectivity index (χ1) is 11.6. The first-order valence-corrected chi connectivity index (χ1v) is 8.64. The number of aromatic hydroxyl groups is 2. The summed E-state index contributed by atoms with van der Waals surface area (Å²) in [6, 6.07) is 2.96. The Morgan fingerprint density at radius 3 is 2.71 bits per heavy atom. The third kappa shape index (κ3) is 2.73. The first-order valence-electron chi connectivity index (χ1n) is 8.64. The molecular formula is C17H23N3O4. The maximum absolute atomic E-state index is 12.0. The van der Waals surface area contributed by atoms with Crippen LogP contribution in [0.2, 0.25) is 0 Å². The molecule has 4 atom stereocenters. The Labute approximate surface area is 140 Å². The normalized spacial score (nSPS) is 33.1. The zero-order valence-electron chi connectivity index (χ0n) is 13.4. The number of carbonyl (C=O) groups is 1. The summed E-state index contributed by atoms with van der Waals surface area (Å²) in [6.45, 7) is 0. The van der Waals surface area contributed by atoms with Gasteiger partial charge in [-0.25, -0.2) is 10.2 Å². The summed E-state index contributed by atoms with van der Waals surface area (Å²) in [7, 11) is 0. The number of nitrogens with zero attached hydrogens (tertiary/aromatic N) is 1. The Hall–Kier alpha value is -2.15. The summed E-state index contributed by atoms with van der Waals surface area (Å²) in [5.41, 5.74) is 7.63. The van der Waals surface area contributed by atoms with Gasteiger partial charge in [0, 0.05) is 29.8 Å². The number of hydrazine groups is 1. The van der Waals surface area contributed by atoms with Gasteiger partial charge in [0.25, 0.3) is 0 Å². The summed E-state index contributed by atoms with van der Waals surface area (Å²) < 4.78 is 0.716. The van der Waals surface area contributed by atoms with Gasteiger partial charge >= 0.3 is 5.97 Å². The smallest absolute Gasteiger partial charge is 0.337 e. The van der Waals surface area contributed by atoms with Crippen LogP contribution in [0.4, 0.5) is 0 Å². The molecular weight excluding hydrogens is 310 g/mol. The zero-order chi connectivity index (χ0) is 16.7.